The van der Waals surface area contributed by atoms with Crippen LogP contribution in [-0.4, -0.2) is 26.8 Å². The summed E-state index contributed by atoms with van der Waals surface area (Å²) in [6.07, 6.45) is 3.18. The molecule has 0 aliphatic carbocycles. The van der Waals surface area contributed by atoms with E-state index in [1.165, 1.54) is 6.92 Å². The summed E-state index contributed by atoms with van der Waals surface area (Å²) in [5, 5.41) is 9.46. The highest BCUT2D eigenvalue weighted by Gasteiger charge is 2.20. The Labute approximate surface area is 101 Å². The van der Waals surface area contributed by atoms with Crippen molar-refractivity contribution in [2.24, 2.45) is 0 Å². The van der Waals surface area contributed by atoms with Crippen molar-refractivity contribution in [2.75, 3.05) is 0 Å². The predicted octanol–water partition coefficient (Wildman–Crippen LogP) is 2.11. The summed E-state index contributed by atoms with van der Waals surface area (Å²) in [4.78, 5) is 30.3. The summed E-state index contributed by atoms with van der Waals surface area (Å²) in [5.74, 6) is -1.48. The van der Waals surface area contributed by atoms with E-state index in [1.54, 1.807) is 24.5 Å². The molecule has 86 valence electrons. The molecule has 0 radical (unpaired) electrons. The van der Waals surface area contributed by atoms with Gasteiger partial charge < -0.3 is 5.11 Å². The second kappa shape index (κ2) is 4.42. The van der Waals surface area contributed by atoms with E-state index in [0.717, 1.165) is 16.9 Å². The lowest BCUT2D eigenvalue weighted by molar-refractivity contribution is 0.0687. The number of aromatic carboxylic acids is 1. The number of thiazole rings is 1. The Bertz CT molecular complexity index is 546. The van der Waals surface area contributed by atoms with Crippen LogP contribution in [0.15, 0.2) is 24.5 Å². The SMILES string of the molecule is CC(=O)c1sc(-c2ccncc2)nc1C(=O)O. The molecule has 0 bridgehead atoms. The third-order valence-electron chi connectivity index (χ3n) is 2.08. The van der Waals surface area contributed by atoms with Crippen LogP contribution in [0, 0.1) is 0 Å². The summed E-state index contributed by atoms with van der Waals surface area (Å²) in [7, 11) is 0. The molecule has 6 heteroatoms. The van der Waals surface area contributed by atoms with Crippen LogP contribution in [0.4, 0.5) is 0 Å². The molecule has 0 amide bonds. The average molecular weight is 248 g/mol. The summed E-state index contributed by atoms with van der Waals surface area (Å²) < 4.78 is 0. The topological polar surface area (TPSA) is 80.2 Å². The summed E-state index contributed by atoms with van der Waals surface area (Å²) >= 11 is 1.08. The molecule has 0 aliphatic heterocycles. The molecule has 17 heavy (non-hydrogen) atoms. The van der Waals surface area contributed by atoms with Gasteiger partial charge in [-0.05, 0) is 12.1 Å². The van der Waals surface area contributed by atoms with E-state index in [9.17, 15) is 9.59 Å². The number of carboxylic acid groups (broad SMARTS) is 1. The Morgan fingerprint density at radius 3 is 2.41 bits per heavy atom. The first-order chi connectivity index (χ1) is 8.09. The Morgan fingerprint density at radius 2 is 1.94 bits per heavy atom. The zero-order chi connectivity index (χ0) is 12.4. The molecule has 0 spiro atoms. The fourth-order valence-corrected chi connectivity index (χ4v) is 2.28. The van der Waals surface area contributed by atoms with Crippen molar-refractivity contribution in [3.05, 3.63) is 35.1 Å². The first-order valence-corrected chi connectivity index (χ1v) is 5.56. The molecular formula is C11H8N2O3S. The quantitative estimate of drug-likeness (QED) is 0.841. The van der Waals surface area contributed by atoms with Crippen molar-refractivity contribution in [1.82, 2.24) is 9.97 Å². The van der Waals surface area contributed by atoms with Gasteiger partial charge >= 0.3 is 5.97 Å². The van der Waals surface area contributed by atoms with Gasteiger partial charge in [0.2, 0.25) is 0 Å². The average Bonchev–Trinajstić information content (AvgIpc) is 2.75. The highest BCUT2D eigenvalue weighted by molar-refractivity contribution is 7.17. The number of carboxylic acids is 1. The number of ketones is 1. The van der Waals surface area contributed by atoms with Crippen LogP contribution < -0.4 is 0 Å². The van der Waals surface area contributed by atoms with E-state index in [0.29, 0.717) is 5.01 Å². The fraction of sp³-hybridized carbons (Fsp3) is 0.0909. The first-order valence-electron chi connectivity index (χ1n) is 4.75. The molecule has 0 saturated carbocycles. The predicted molar refractivity (Wildman–Crippen MR) is 62.3 cm³/mol. The number of rotatable bonds is 3. The van der Waals surface area contributed by atoms with Crippen LogP contribution in [0.25, 0.3) is 10.6 Å². The number of nitrogens with zero attached hydrogens (tertiary/aromatic N) is 2. The number of hydrogen-bond donors (Lipinski definition) is 1. The lowest BCUT2D eigenvalue weighted by atomic mass is 10.2. The Morgan fingerprint density at radius 1 is 1.29 bits per heavy atom. The van der Waals surface area contributed by atoms with Crippen LogP contribution >= 0.6 is 11.3 Å². The molecule has 0 unspecified atom stereocenters. The van der Waals surface area contributed by atoms with E-state index in [2.05, 4.69) is 9.97 Å². The highest BCUT2D eigenvalue weighted by Crippen LogP contribution is 2.28. The minimum absolute atomic E-state index is 0.171. The van der Waals surface area contributed by atoms with Gasteiger partial charge in [-0.1, -0.05) is 0 Å². The molecule has 0 aromatic carbocycles. The van der Waals surface area contributed by atoms with E-state index in [1.807, 2.05) is 0 Å². The van der Waals surface area contributed by atoms with Crippen molar-refractivity contribution in [3.63, 3.8) is 0 Å². The van der Waals surface area contributed by atoms with E-state index in [4.69, 9.17) is 5.11 Å². The maximum atomic E-state index is 11.3. The van der Waals surface area contributed by atoms with Crippen LogP contribution in [0.5, 0.6) is 0 Å². The van der Waals surface area contributed by atoms with E-state index < -0.39 is 5.97 Å². The van der Waals surface area contributed by atoms with Gasteiger partial charge in [-0.25, -0.2) is 9.78 Å². The first kappa shape index (κ1) is 11.4. The van der Waals surface area contributed by atoms with Gasteiger partial charge in [0.1, 0.15) is 9.88 Å². The Kier molecular flexibility index (Phi) is 2.97. The van der Waals surface area contributed by atoms with Gasteiger partial charge in [-0.2, -0.15) is 0 Å². The van der Waals surface area contributed by atoms with Gasteiger partial charge in [0.15, 0.2) is 11.5 Å². The molecule has 0 saturated heterocycles. The van der Waals surface area contributed by atoms with Crippen LogP contribution in [-0.2, 0) is 0 Å². The molecule has 2 rings (SSSR count). The van der Waals surface area contributed by atoms with Gasteiger partial charge in [0.25, 0.3) is 0 Å². The van der Waals surface area contributed by atoms with Crippen LogP contribution in [0.2, 0.25) is 0 Å². The minimum atomic E-state index is -1.19. The molecule has 2 heterocycles. The van der Waals surface area contributed by atoms with Crippen LogP contribution in [0.1, 0.15) is 27.1 Å². The number of pyridine rings is 1. The largest absolute Gasteiger partial charge is 0.476 e. The standard InChI is InChI=1S/C11H8N2O3S/c1-6(14)9-8(11(15)16)13-10(17-9)7-2-4-12-5-3-7/h2-5H,1H3,(H,15,16). The number of carbonyl (C=O) groups excluding carboxylic acids is 1. The fourth-order valence-electron chi connectivity index (χ4n) is 1.32. The number of carbonyl (C=O) groups is 2. The molecule has 1 N–H and O–H groups in total. The van der Waals surface area contributed by atoms with E-state index in [-0.39, 0.29) is 16.4 Å². The monoisotopic (exact) mass is 248 g/mol. The third-order valence-corrected chi connectivity index (χ3v) is 3.28. The molecule has 0 fully saturated rings. The zero-order valence-corrected chi connectivity index (χ0v) is 9.69. The van der Waals surface area contributed by atoms with Crippen LogP contribution in [0.3, 0.4) is 0 Å². The lowest BCUT2D eigenvalue weighted by Crippen LogP contribution is -2.03. The molecule has 0 atom stereocenters. The smallest absolute Gasteiger partial charge is 0.356 e. The molecule has 5 nitrogen and oxygen atoms in total. The Balaban J connectivity index is 2.55. The molecular weight excluding hydrogens is 240 g/mol. The lowest BCUT2D eigenvalue weighted by Gasteiger charge is -1.92. The molecule has 2 aromatic heterocycles. The van der Waals surface area contributed by atoms with Gasteiger partial charge in [0.05, 0.1) is 0 Å². The van der Waals surface area contributed by atoms with Gasteiger partial charge in [-0.3, -0.25) is 9.78 Å². The van der Waals surface area contributed by atoms with Crippen molar-refractivity contribution >= 4 is 23.1 Å². The Hall–Kier alpha value is -2.08. The second-order valence-electron chi connectivity index (χ2n) is 3.29. The maximum Gasteiger partial charge on any atom is 0.356 e. The second-order valence-corrected chi connectivity index (χ2v) is 4.29. The number of Topliss-reactive ketones (excluding diaryl/α,β-unsaturated/α-hetero) is 1. The van der Waals surface area contributed by atoms with Crippen molar-refractivity contribution in [1.29, 1.82) is 0 Å². The minimum Gasteiger partial charge on any atom is -0.476 e. The third kappa shape index (κ3) is 2.21. The van der Waals surface area contributed by atoms with Crippen molar-refractivity contribution in [3.8, 4) is 10.6 Å². The molecule has 2 aromatic rings. The maximum absolute atomic E-state index is 11.3. The summed E-state index contributed by atoms with van der Waals surface area (Å²) in [6.45, 7) is 1.33. The van der Waals surface area contributed by atoms with Crippen molar-refractivity contribution < 1.29 is 14.7 Å². The molecule has 0 aliphatic rings. The summed E-state index contributed by atoms with van der Waals surface area (Å²) in [5.41, 5.74) is 0.564. The summed E-state index contributed by atoms with van der Waals surface area (Å²) in [6, 6.07) is 3.43. The van der Waals surface area contributed by atoms with Gasteiger partial charge in [-0.15, -0.1) is 11.3 Å². The van der Waals surface area contributed by atoms with Gasteiger partial charge in [0, 0.05) is 24.9 Å². The van der Waals surface area contributed by atoms with Crippen molar-refractivity contribution in [2.45, 2.75) is 6.92 Å². The number of hydrogen-bond acceptors (Lipinski definition) is 5. The zero-order valence-electron chi connectivity index (χ0n) is 8.88. The number of aromatic nitrogens is 2. The van der Waals surface area contributed by atoms with E-state index >= 15 is 0 Å². The normalized spacial score (nSPS) is 10.2. The highest BCUT2D eigenvalue weighted by atomic mass is 32.1.